The van der Waals surface area contributed by atoms with E-state index in [9.17, 15) is 9.59 Å². The van der Waals surface area contributed by atoms with Crippen LogP contribution in [-0.4, -0.2) is 21.8 Å². The summed E-state index contributed by atoms with van der Waals surface area (Å²) >= 11 is 0. The summed E-state index contributed by atoms with van der Waals surface area (Å²) in [6, 6.07) is 15.4. The predicted molar refractivity (Wildman–Crippen MR) is 95.3 cm³/mol. The lowest BCUT2D eigenvalue weighted by molar-refractivity contribution is -0.125. The summed E-state index contributed by atoms with van der Waals surface area (Å²) in [5.41, 5.74) is 3.23. The first-order valence-corrected chi connectivity index (χ1v) is 8.46. The van der Waals surface area contributed by atoms with E-state index in [4.69, 9.17) is 4.74 Å². The quantitative estimate of drug-likeness (QED) is 0.428. The van der Waals surface area contributed by atoms with Crippen LogP contribution in [-0.2, 0) is 9.59 Å². The summed E-state index contributed by atoms with van der Waals surface area (Å²) in [7, 11) is 0. The Morgan fingerprint density at radius 2 is 1.15 bits per heavy atom. The van der Waals surface area contributed by atoms with Crippen molar-refractivity contribution >= 4 is 33.6 Å². The second kappa shape index (κ2) is 4.54. The van der Waals surface area contributed by atoms with Gasteiger partial charge >= 0.3 is 0 Å². The molecule has 2 aromatic carbocycles. The number of fused-ring (bicyclic) bond motifs is 9. The van der Waals surface area contributed by atoms with Gasteiger partial charge in [0, 0.05) is 32.9 Å². The largest absolute Gasteiger partial charge is 0.424 e. The number of para-hydroxylation sites is 2. The molecule has 0 aliphatic carbocycles. The zero-order chi connectivity index (χ0) is 17.4. The van der Waals surface area contributed by atoms with Gasteiger partial charge in [0.2, 0.25) is 23.6 Å². The van der Waals surface area contributed by atoms with Crippen molar-refractivity contribution < 1.29 is 14.3 Å². The number of benzene rings is 2. The number of nitrogens with one attached hydrogen (secondary N) is 3. The minimum absolute atomic E-state index is 0.285. The number of carbonyl (C=O) groups is 2. The monoisotopic (exact) mass is 343 g/mol. The molecular formula is C20H13N3O3. The van der Waals surface area contributed by atoms with Gasteiger partial charge in [-0.25, -0.2) is 0 Å². The maximum Gasteiger partial charge on any atom is 0.235 e. The molecule has 3 N–H and O–H groups in total. The Morgan fingerprint density at radius 1 is 0.692 bits per heavy atom. The van der Waals surface area contributed by atoms with Crippen molar-refractivity contribution in [3.05, 3.63) is 59.7 Å². The number of H-pyrrole nitrogens is 2. The van der Waals surface area contributed by atoms with Gasteiger partial charge in [0.05, 0.1) is 11.8 Å². The number of hydrogen-bond acceptors (Lipinski definition) is 3. The number of ether oxygens (including phenoxy) is 1. The van der Waals surface area contributed by atoms with Crippen molar-refractivity contribution in [1.29, 1.82) is 0 Å². The fourth-order valence-corrected chi connectivity index (χ4v) is 4.33. The van der Waals surface area contributed by atoms with Crippen LogP contribution < -0.4 is 10.1 Å². The zero-order valence-corrected chi connectivity index (χ0v) is 13.5. The smallest absolute Gasteiger partial charge is 0.235 e. The molecule has 2 amide bonds. The molecule has 0 spiro atoms. The Kier molecular flexibility index (Phi) is 2.40. The SMILES string of the molecule is O=C1NC(=O)C2c3c([nH]c4ccccc34)Oc3[nH]c4ccccc4c3C12. The van der Waals surface area contributed by atoms with E-state index in [0.717, 1.165) is 32.9 Å². The van der Waals surface area contributed by atoms with E-state index >= 15 is 0 Å². The average molecular weight is 343 g/mol. The zero-order valence-electron chi connectivity index (χ0n) is 13.5. The number of aromatic nitrogens is 2. The fraction of sp³-hybridized carbons (Fsp3) is 0.100. The summed E-state index contributed by atoms with van der Waals surface area (Å²) in [6.45, 7) is 0. The van der Waals surface area contributed by atoms with Gasteiger partial charge in [0.25, 0.3) is 0 Å². The van der Waals surface area contributed by atoms with Gasteiger partial charge in [-0.05, 0) is 12.1 Å². The normalized spacial score (nSPS) is 21.1. The van der Waals surface area contributed by atoms with Crippen LogP contribution >= 0.6 is 0 Å². The van der Waals surface area contributed by atoms with E-state index < -0.39 is 11.8 Å². The van der Waals surface area contributed by atoms with Crippen LogP contribution in [0, 0.1) is 0 Å². The Hall–Kier alpha value is -3.54. The lowest BCUT2D eigenvalue weighted by Gasteiger charge is -2.12. The molecule has 126 valence electrons. The highest BCUT2D eigenvalue weighted by Crippen LogP contribution is 2.52. The summed E-state index contributed by atoms with van der Waals surface area (Å²) in [6.07, 6.45) is 0. The van der Waals surface area contributed by atoms with Gasteiger partial charge in [-0.15, -0.1) is 0 Å². The molecule has 4 heterocycles. The molecule has 0 saturated carbocycles. The van der Waals surface area contributed by atoms with Crippen molar-refractivity contribution in [2.45, 2.75) is 11.8 Å². The molecule has 1 fully saturated rings. The second-order valence-electron chi connectivity index (χ2n) is 6.74. The summed E-state index contributed by atoms with van der Waals surface area (Å²) in [4.78, 5) is 32.0. The van der Waals surface area contributed by atoms with Crippen LogP contribution in [0.2, 0.25) is 0 Å². The highest BCUT2D eigenvalue weighted by atomic mass is 16.5. The van der Waals surface area contributed by atoms with Gasteiger partial charge in [0.1, 0.15) is 0 Å². The van der Waals surface area contributed by atoms with Crippen LogP contribution in [0.5, 0.6) is 11.8 Å². The number of carbonyl (C=O) groups excluding carboxylic acids is 2. The highest BCUT2D eigenvalue weighted by Gasteiger charge is 2.50. The molecule has 0 radical (unpaired) electrons. The lowest BCUT2D eigenvalue weighted by atomic mass is 9.83. The van der Waals surface area contributed by atoms with Crippen LogP contribution in [0.25, 0.3) is 21.8 Å². The lowest BCUT2D eigenvalue weighted by Crippen LogP contribution is -2.22. The van der Waals surface area contributed by atoms with E-state index in [-0.39, 0.29) is 11.8 Å². The minimum Gasteiger partial charge on any atom is -0.424 e. The summed E-state index contributed by atoms with van der Waals surface area (Å²) < 4.78 is 6.16. The second-order valence-corrected chi connectivity index (χ2v) is 6.74. The van der Waals surface area contributed by atoms with Crippen LogP contribution in [0.1, 0.15) is 23.0 Å². The third-order valence-electron chi connectivity index (χ3n) is 5.39. The topological polar surface area (TPSA) is 87.0 Å². The third kappa shape index (κ3) is 1.56. The van der Waals surface area contributed by atoms with Gasteiger partial charge in [0.15, 0.2) is 0 Å². The molecule has 6 nitrogen and oxygen atoms in total. The van der Waals surface area contributed by atoms with E-state index in [1.807, 2.05) is 48.5 Å². The third-order valence-corrected chi connectivity index (χ3v) is 5.39. The van der Waals surface area contributed by atoms with Crippen molar-refractivity contribution in [1.82, 2.24) is 15.3 Å². The maximum atomic E-state index is 12.7. The van der Waals surface area contributed by atoms with Crippen LogP contribution in [0.4, 0.5) is 0 Å². The van der Waals surface area contributed by atoms with Crippen molar-refractivity contribution in [3.63, 3.8) is 0 Å². The highest BCUT2D eigenvalue weighted by molar-refractivity contribution is 6.14. The minimum atomic E-state index is -0.617. The maximum absolute atomic E-state index is 12.7. The number of aromatic amines is 2. The Morgan fingerprint density at radius 3 is 1.65 bits per heavy atom. The van der Waals surface area contributed by atoms with Gasteiger partial charge in [-0.3, -0.25) is 14.9 Å². The van der Waals surface area contributed by atoms with Gasteiger partial charge in [-0.2, -0.15) is 0 Å². The number of rotatable bonds is 0. The average Bonchev–Trinajstić information content (AvgIpc) is 3.23. The van der Waals surface area contributed by atoms with E-state index in [2.05, 4.69) is 15.3 Å². The van der Waals surface area contributed by atoms with E-state index in [1.54, 1.807) is 0 Å². The van der Waals surface area contributed by atoms with Crippen LogP contribution in [0.3, 0.4) is 0 Å². The molecule has 4 aromatic rings. The van der Waals surface area contributed by atoms with E-state index in [0.29, 0.717) is 11.8 Å². The molecule has 2 aromatic heterocycles. The summed E-state index contributed by atoms with van der Waals surface area (Å²) in [5.74, 6) is -0.781. The molecular weight excluding hydrogens is 330 g/mol. The molecule has 6 rings (SSSR count). The molecule has 2 unspecified atom stereocenters. The Balaban J connectivity index is 1.74. The van der Waals surface area contributed by atoms with Crippen LogP contribution in [0.15, 0.2) is 48.5 Å². The molecule has 6 heteroatoms. The molecule has 2 atom stereocenters. The standard InChI is InChI=1S/C20H13N3O3/c24-17-15-13-9-5-1-3-7-11(9)21-19(13)26-20-14(16(15)18(25)23-17)10-6-2-4-8-12(10)22-20/h1-8,15-16,21-22H,(H,23,24,25). The number of hydrogen-bond donors (Lipinski definition) is 3. The first-order valence-electron chi connectivity index (χ1n) is 8.46. The van der Waals surface area contributed by atoms with E-state index in [1.165, 1.54) is 0 Å². The Labute approximate surface area is 147 Å². The summed E-state index contributed by atoms with van der Waals surface area (Å²) in [5, 5.41) is 4.32. The van der Waals surface area contributed by atoms with Crippen molar-refractivity contribution in [2.75, 3.05) is 0 Å². The first kappa shape index (κ1) is 13.7. The molecule has 1 saturated heterocycles. The predicted octanol–water partition coefficient (Wildman–Crippen LogP) is 3.28. The van der Waals surface area contributed by atoms with Crippen molar-refractivity contribution in [2.24, 2.45) is 0 Å². The molecule has 2 aliphatic heterocycles. The number of amides is 2. The van der Waals surface area contributed by atoms with Crippen molar-refractivity contribution in [3.8, 4) is 11.8 Å². The number of imide groups is 1. The molecule has 0 bridgehead atoms. The van der Waals surface area contributed by atoms with Gasteiger partial charge in [-0.1, -0.05) is 36.4 Å². The van der Waals surface area contributed by atoms with Gasteiger partial charge < -0.3 is 14.7 Å². The first-order chi connectivity index (χ1) is 12.7. The Bertz CT molecular complexity index is 1150. The fourth-order valence-electron chi connectivity index (χ4n) is 4.33. The molecule has 26 heavy (non-hydrogen) atoms. The molecule has 2 aliphatic rings.